The van der Waals surface area contributed by atoms with Gasteiger partial charge >= 0.3 is 0 Å². The maximum atomic E-state index is 10.1. The van der Waals surface area contributed by atoms with Crippen LogP contribution in [0.15, 0.2) is 12.4 Å². The lowest BCUT2D eigenvalue weighted by molar-refractivity contribution is 0.151. The number of aliphatic hydroxyl groups is 1. The molecule has 152 valence electrons. The molecule has 0 aliphatic carbocycles. The summed E-state index contributed by atoms with van der Waals surface area (Å²) < 4.78 is 2.14. The van der Waals surface area contributed by atoms with Crippen LogP contribution >= 0.6 is 0 Å². The fourth-order valence-electron chi connectivity index (χ4n) is 3.69. The summed E-state index contributed by atoms with van der Waals surface area (Å²) in [6.45, 7) is 5.38. The predicted octanol–water partition coefficient (Wildman–Crippen LogP) is 7.20. The number of aromatic nitrogens is 2. The second-order valence-electron chi connectivity index (χ2n) is 7.88. The highest BCUT2D eigenvalue weighted by atomic mass is 16.3. The van der Waals surface area contributed by atoms with Gasteiger partial charge in [-0.2, -0.15) is 0 Å². The summed E-state index contributed by atoms with van der Waals surface area (Å²) in [5.74, 6) is 0.849. The van der Waals surface area contributed by atoms with Gasteiger partial charge in [0.05, 0.1) is 0 Å². The first kappa shape index (κ1) is 23.2. The molecule has 0 saturated carbocycles. The molecule has 1 atom stereocenters. The highest BCUT2D eigenvalue weighted by molar-refractivity contribution is 4.96. The standard InChI is InChI=1S/C23H44N2O/c1-3-5-6-7-8-9-10-11-12-13-14-15-16-17-20-25-21-19-24-23(25)22(26)18-4-2/h19,21-22,26H,3-18,20H2,1-2H3. The van der Waals surface area contributed by atoms with E-state index < -0.39 is 6.10 Å². The smallest absolute Gasteiger partial charge is 0.137 e. The molecule has 0 amide bonds. The summed E-state index contributed by atoms with van der Waals surface area (Å²) in [5.41, 5.74) is 0. The van der Waals surface area contributed by atoms with Gasteiger partial charge in [0, 0.05) is 18.9 Å². The Morgan fingerprint density at radius 3 is 1.77 bits per heavy atom. The third-order valence-corrected chi connectivity index (χ3v) is 5.36. The van der Waals surface area contributed by atoms with Crippen LogP contribution < -0.4 is 0 Å². The second-order valence-corrected chi connectivity index (χ2v) is 7.88. The van der Waals surface area contributed by atoms with Crippen molar-refractivity contribution in [3.8, 4) is 0 Å². The van der Waals surface area contributed by atoms with E-state index in [2.05, 4.69) is 23.4 Å². The molecule has 0 bridgehead atoms. The number of hydrogen-bond donors (Lipinski definition) is 1. The lowest BCUT2D eigenvalue weighted by Crippen LogP contribution is -2.08. The van der Waals surface area contributed by atoms with E-state index in [4.69, 9.17) is 0 Å². The molecule has 0 aliphatic rings. The molecule has 0 radical (unpaired) electrons. The Bertz CT molecular complexity index is 416. The molecule has 1 aromatic rings. The van der Waals surface area contributed by atoms with E-state index >= 15 is 0 Å². The van der Waals surface area contributed by atoms with Crippen LogP contribution in [0.5, 0.6) is 0 Å². The Balaban J connectivity index is 1.90. The fourth-order valence-corrected chi connectivity index (χ4v) is 3.69. The molecule has 3 heteroatoms. The summed E-state index contributed by atoms with van der Waals surface area (Å²) in [7, 11) is 0. The van der Waals surface area contributed by atoms with Crippen LogP contribution in [0.2, 0.25) is 0 Å². The van der Waals surface area contributed by atoms with Gasteiger partial charge in [0.2, 0.25) is 0 Å². The first-order valence-electron chi connectivity index (χ1n) is 11.5. The first-order chi connectivity index (χ1) is 12.8. The zero-order chi connectivity index (χ0) is 18.9. The Morgan fingerprint density at radius 1 is 0.769 bits per heavy atom. The minimum atomic E-state index is -0.401. The normalized spacial score (nSPS) is 12.6. The minimum Gasteiger partial charge on any atom is -0.385 e. The average molecular weight is 365 g/mol. The number of aryl methyl sites for hydroxylation is 1. The lowest BCUT2D eigenvalue weighted by atomic mass is 10.0. The van der Waals surface area contributed by atoms with Crippen LogP contribution in [0, 0.1) is 0 Å². The van der Waals surface area contributed by atoms with Gasteiger partial charge in [-0.1, -0.05) is 104 Å². The number of unbranched alkanes of at least 4 members (excludes halogenated alkanes) is 13. The van der Waals surface area contributed by atoms with Gasteiger partial charge in [0.1, 0.15) is 11.9 Å². The maximum absolute atomic E-state index is 10.1. The van der Waals surface area contributed by atoms with Crippen molar-refractivity contribution in [3.63, 3.8) is 0 Å². The van der Waals surface area contributed by atoms with Crippen molar-refractivity contribution in [2.24, 2.45) is 0 Å². The van der Waals surface area contributed by atoms with Crippen LogP contribution in [0.25, 0.3) is 0 Å². The van der Waals surface area contributed by atoms with Gasteiger partial charge in [-0.25, -0.2) is 4.98 Å². The van der Waals surface area contributed by atoms with Crippen LogP contribution in [0.4, 0.5) is 0 Å². The van der Waals surface area contributed by atoms with Gasteiger partial charge < -0.3 is 9.67 Å². The van der Waals surface area contributed by atoms with Crippen LogP contribution in [-0.4, -0.2) is 14.7 Å². The number of rotatable bonds is 18. The quantitative estimate of drug-likeness (QED) is 0.280. The summed E-state index contributed by atoms with van der Waals surface area (Å²) in [6, 6.07) is 0. The van der Waals surface area contributed by atoms with Crippen molar-refractivity contribution < 1.29 is 5.11 Å². The summed E-state index contributed by atoms with van der Waals surface area (Å²) in [5, 5.41) is 10.1. The third-order valence-electron chi connectivity index (χ3n) is 5.36. The van der Waals surface area contributed by atoms with Gasteiger partial charge in [0.25, 0.3) is 0 Å². The molecule has 1 rings (SSSR count). The molecule has 0 spiro atoms. The molecule has 3 nitrogen and oxygen atoms in total. The molecule has 1 aromatic heterocycles. The average Bonchev–Trinajstić information content (AvgIpc) is 3.11. The van der Waals surface area contributed by atoms with E-state index in [1.807, 2.05) is 12.4 Å². The zero-order valence-corrected chi connectivity index (χ0v) is 17.6. The highest BCUT2D eigenvalue weighted by Gasteiger charge is 2.12. The van der Waals surface area contributed by atoms with E-state index in [-0.39, 0.29) is 0 Å². The zero-order valence-electron chi connectivity index (χ0n) is 17.6. The van der Waals surface area contributed by atoms with Crippen LogP contribution in [0.3, 0.4) is 0 Å². The number of imidazole rings is 1. The topological polar surface area (TPSA) is 38.0 Å². The first-order valence-corrected chi connectivity index (χ1v) is 11.5. The van der Waals surface area contributed by atoms with Gasteiger partial charge in [-0.05, 0) is 12.8 Å². The Kier molecular flexibility index (Phi) is 14.6. The number of nitrogens with zero attached hydrogens (tertiary/aromatic N) is 2. The number of hydrogen-bond acceptors (Lipinski definition) is 2. The lowest BCUT2D eigenvalue weighted by Gasteiger charge is -2.12. The monoisotopic (exact) mass is 364 g/mol. The summed E-state index contributed by atoms with van der Waals surface area (Å²) in [6.07, 6.45) is 24.7. The van der Waals surface area contributed by atoms with E-state index in [0.717, 1.165) is 25.2 Å². The molecule has 0 aliphatic heterocycles. The maximum Gasteiger partial charge on any atom is 0.137 e. The van der Waals surface area contributed by atoms with Crippen molar-refractivity contribution in [3.05, 3.63) is 18.2 Å². The molecule has 26 heavy (non-hydrogen) atoms. The van der Waals surface area contributed by atoms with Gasteiger partial charge in [0.15, 0.2) is 0 Å². The summed E-state index contributed by atoms with van der Waals surface area (Å²) in [4.78, 5) is 4.33. The molecule has 1 unspecified atom stereocenters. The van der Waals surface area contributed by atoms with E-state index in [9.17, 15) is 5.11 Å². The Labute approximate surface area is 162 Å². The Hall–Kier alpha value is -0.830. The SMILES string of the molecule is CCCCCCCCCCCCCCCCn1ccnc1C(O)CCC. The molecule has 0 aromatic carbocycles. The molecule has 1 N–H and O–H groups in total. The second kappa shape index (κ2) is 16.4. The third kappa shape index (κ3) is 11.0. The number of aliphatic hydroxyl groups excluding tert-OH is 1. The van der Waals surface area contributed by atoms with Crippen molar-refractivity contribution in [2.45, 2.75) is 129 Å². The molecule has 0 fully saturated rings. The van der Waals surface area contributed by atoms with Gasteiger partial charge in [-0.15, -0.1) is 0 Å². The van der Waals surface area contributed by atoms with Crippen LogP contribution in [0.1, 0.15) is 129 Å². The summed E-state index contributed by atoms with van der Waals surface area (Å²) >= 11 is 0. The predicted molar refractivity (Wildman–Crippen MR) is 112 cm³/mol. The van der Waals surface area contributed by atoms with E-state index in [1.165, 1.54) is 89.9 Å². The van der Waals surface area contributed by atoms with Crippen molar-refractivity contribution in [2.75, 3.05) is 0 Å². The van der Waals surface area contributed by atoms with E-state index in [1.54, 1.807) is 0 Å². The minimum absolute atomic E-state index is 0.401. The van der Waals surface area contributed by atoms with Crippen molar-refractivity contribution in [1.82, 2.24) is 9.55 Å². The van der Waals surface area contributed by atoms with Gasteiger partial charge in [-0.3, -0.25) is 0 Å². The van der Waals surface area contributed by atoms with Crippen molar-refractivity contribution >= 4 is 0 Å². The molecular weight excluding hydrogens is 320 g/mol. The van der Waals surface area contributed by atoms with Crippen LogP contribution in [-0.2, 0) is 6.54 Å². The molecule has 1 heterocycles. The molecule has 0 saturated heterocycles. The highest BCUT2D eigenvalue weighted by Crippen LogP contribution is 2.17. The largest absolute Gasteiger partial charge is 0.385 e. The van der Waals surface area contributed by atoms with E-state index in [0.29, 0.717) is 0 Å². The fraction of sp³-hybridized carbons (Fsp3) is 0.870. The molecular formula is C23H44N2O. The Morgan fingerprint density at radius 2 is 1.27 bits per heavy atom. The van der Waals surface area contributed by atoms with Crippen molar-refractivity contribution in [1.29, 1.82) is 0 Å².